The molecule has 2 aromatic rings. The molecule has 120 valence electrons. The van der Waals surface area contributed by atoms with E-state index in [-0.39, 0.29) is 5.92 Å². The van der Waals surface area contributed by atoms with Crippen LogP contribution in [0.3, 0.4) is 0 Å². The number of fused-ring (bicyclic) bond motifs is 1. The van der Waals surface area contributed by atoms with E-state index in [0.29, 0.717) is 22.5 Å². The molecule has 1 aromatic heterocycles. The molecule has 0 aliphatic carbocycles. The molecule has 0 saturated heterocycles. The molecule has 0 spiro atoms. The Bertz CT molecular complexity index is 716. The van der Waals surface area contributed by atoms with Gasteiger partial charge in [0.15, 0.2) is 11.5 Å². The zero-order valence-electron chi connectivity index (χ0n) is 13.8. The Morgan fingerprint density at radius 3 is 2.23 bits per heavy atom. The normalized spacial score (nSPS) is 12.0. The van der Waals surface area contributed by atoms with Gasteiger partial charge in [0.05, 0.1) is 25.3 Å². The molecule has 6 heteroatoms. The third-order valence-electron chi connectivity index (χ3n) is 3.78. The van der Waals surface area contributed by atoms with E-state index < -0.39 is 11.5 Å². The number of carboxylic acid groups (broad SMARTS) is 1. The zero-order chi connectivity index (χ0) is 16.7. The fourth-order valence-corrected chi connectivity index (χ4v) is 2.49. The number of benzene rings is 1. The number of aliphatic carboxylic acids is 1. The van der Waals surface area contributed by atoms with Gasteiger partial charge in [0, 0.05) is 18.1 Å². The van der Waals surface area contributed by atoms with E-state index >= 15 is 0 Å². The van der Waals surface area contributed by atoms with Crippen LogP contribution >= 0.6 is 0 Å². The summed E-state index contributed by atoms with van der Waals surface area (Å²) in [6.45, 7) is 7.31. The van der Waals surface area contributed by atoms with Crippen molar-refractivity contribution in [2.24, 2.45) is 0 Å². The first kappa shape index (κ1) is 16.1. The molecule has 22 heavy (non-hydrogen) atoms. The number of nitrogens with zero attached hydrogens (tertiary/aromatic N) is 2. The third kappa shape index (κ3) is 2.38. The van der Waals surface area contributed by atoms with Crippen LogP contribution in [-0.2, 0) is 10.3 Å². The number of methoxy groups -OCH3 is 2. The highest BCUT2D eigenvalue weighted by Gasteiger charge is 2.34. The Morgan fingerprint density at radius 2 is 1.77 bits per heavy atom. The van der Waals surface area contributed by atoms with Gasteiger partial charge < -0.3 is 19.1 Å². The molecule has 0 fully saturated rings. The van der Waals surface area contributed by atoms with E-state index in [1.165, 1.54) is 0 Å². The molecule has 0 aliphatic rings. The number of ether oxygens (including phenoxy) is 2. The summed E-state index contributed by atoms with van der Waals surface area (Å²) in [5.41, 5.74) is 0.290. The first-order chi connectivity index (χ1) is 10.2. The number of rotatable bonds is 5. The molecule has 0 radical (unpaired) electrons. The lowest BCUT2D eigenvalue weighted by atomic mass is 10.0. The van der Waals surface area contributed by atoms with Gasteiger partial charge in [-0.1, -0.05) is 13.8 Å². The number of hydrogen-bond acceptors (Lipinski definition) is 4. The SMILES string of the molecule is COc1cc2nc(C(C)C)n(C(C)(C)C(=O)O)c2cc1OC. The predicted octanol–water partition coefficient (Wildman–Crippen LogP) is 3.00. The minimum absolute atomic E-state index is 0.0861. The summed E-state index contributed by atoms with van der Waals surface area (Å²) in [4.78, 5) is 16.3. The standard InChI is InChI=1S/C16H22N2O4/c1-9(2)14-17-10-7-12(21-5)13(22-6)8-11(10)18(14)16(3,4)15(19)20/h7-9H,1-6H3,(H,19,20). The molecule has 0 aliphatic heterocycles. The van der Waals surface area contributed by atoms with Gasteiger partial charge in [-0.25, -0.2) is 9.78 Å². The first-order valence-electron chi connectivity index (χ1n) is 7.12. The summed E-state index contributed by atoms with van der Waals surface area (Å²) in [7, 11) is 3.11. The largest absolute Gasteiger partial charge is 0.493 e. The van der Waals surface area contributed by atoms with Crippen molar-refractivity contribution in [3.63, 3.8) is 0 Å². The van der Waals surface area contributed by atoms with Gasteiger partial charge in [-0.2, -0.15) is 0 Å². The van der Waals surface area contributed by atoms with Crippen LogP contribution in [0, 0.1) is 0 Å². The van der Waals surface area contributed by atoms with E-state index in [9.17, 15) is 9.90 Å². The maximum Gasteiger partial charge on any atom is 0.329 e. The maximum absolute atomic E-state index is 11.7. The number of aromatic nitrogens is 2. The highest BCUT2D eigenvalue weighted by molar-refractivity contribution is 5.85. The van der Waals surface area contributed by atoms with Gasteiger partial charge in [0.1, 0.15) is 11.4 Å². The van der Waals surface area contributed by atoms with Crippen LogP contribution in [0.25, 0.3) is 11.0 Å². The van der Waals surface area contributed by atoms with Crippen molar-refractivity contribution in [1.29, 1.82) is 0 Å². The van der Waals surface area contributed by atoms with Crippen molar-refractivity contribution in [3.8, 4) is 11.5 Å². The first-order valence-corrected chi connectivity index (χ1v) is 7.12. The second-order valence-electron chi connectivity index (χ2n) is 6.02. The van der Waals surface area contributed by atoms with Crippen molar-refractivity contribution < 1.29 is 19.4 Å². The molecule has 6 nitrogen and oxygen atoms in total. The summed E-state index contributed by atoms with van der Waals surface area (Å²) in [6, 6.07) is 3.55. The van der Waals surface area contributed by atoms with Gasteiger partial charge in [0.25, 0.3) is 0 Å². The molecule has 1 heterocycles. The Balaban J connectivity index is 2.87. The summed E-state index contributed by atoms with van der Waals surface area (Å²) in [5.74, 6) is 1.01. The third-order valence-corrected chi connectivity index (χ3v) is 3.78. The van der Waals surface area contributed by atoms with Crippen molar-refractivity contribution in [1.82, 2.24) is 9.55 Å². The van der Waals surface area contributed by atoms with E-state index in [2.05, 4.69) is 4.98 Å². The summed E-state index contributed by atoms with van der Waals surface area (Å²) < 4.78 is 12.4. The lowest BCUT2D eigenvalue weighted by molar-refractivity contribution is -0.145. The van der Waals surface area contributed by atoms with E-state index in [1.54, 1.807) is 44.8 Å². The highest BCUT2D eigenvalue weighted by Crippen LogP contribution is 2.36. The van der Waals surface area contributed by atoms with Crippen molar-refractivity contribution in [2.75, 3.05) is 14.2 Å². The molecule has 0 unspecified atom stereocenters. The van der Waals surface area contributed by atoms with Crippen LogP contribution in [-0.4, -0.2) is 34.8 Å². The van der Waals surface area contributed by atoms with Crippen LogP contribution in [0.2, 0.25) is 0 Å². The molecule has 0 atom stereocenters. The Hall–Kier alpha value is -2.24. The van der Waals surface area contributed by atoms with Gasteiger partial charge >= 0.3 is 5.97 Å². The van der Waals surface area contributed by atoms with E-state index in [1.807, 2.05) is 13.8 Å². The Labute approximate surface area is 129 Å². The Kier molecular flexibility index (Phi) is 4.04. The van der Waals surface area contributed by atoms with Crippen molar-refractivity contribution in [3.05, 3.63) is 18.0 Å². The average molecular weight is 306 g/mol. The smallest absolute Gasteiger partial charge is 0.329 e. The maximum atomic E-state index is 11.7. The topological polar surface area (TPSA) is 73.6 Å². The lowest BCUT2D eigenvalue weighted by Gasteiger charge is -2.26. The van der Waals surface area contributed by atoms with Crippen molar-refractivity contribution >= 4 is 17.0 Å². The van der Waals surface area contributed by atoms with E-state index in [0.717, 1.165) is 5.82 Å². The Morgan fingerprint density at radius 1 is 1.23 bits per heavy atom. The second kappa shape index (κ2) is 5.51. The average Bonchev–Trinajstić information content (AvgIpc) is 2.84. The molecule has 2 rings (SSSR count). The lowest BCUT2D eigenvalue weighted by Crippen LogP contribution is -2.37. The van der Waals surface area contributed by atoms with Gasteiger partial charge in [-0.05, 0) is 13.8 Å². The van der Waals surface area contributed by atoms with Gasteiger partial charge in [0.2, 0.25) is 0 Å². The van der Waals surface area contributed by atoms with Crippen LogP contribution in [0.1, 0.15) is 39.4 Å². The highest BCUT2D eigenvalue weighted by atomic mass is 16.5. The van der Waals surface area contributed by atoms with E-state index in [4.69, 9.17) is 9.47 Å². The number of imidazole rings is 1. The number of hydrogen-bond donors (Lipinski definition) is 1. The number of carbonyl (C=O) groups is 1. The fourth-order valence-electron chi connectivity index (χ4n) is 2.49. The van der Waals surface area contributed by atoms with Gasteiger partial charge in [-0.3, -0.25) is 0 Å². The molecule has 1 aromatic carbocycles. The summed E-state index contributed by atoms with van der Waals surface area (Å²) >= 11 is 0. The molecular weight excluding hydrogens is 284 g/mol. The molecular formula is C16H22N2O4. The minimum Gasteiger partial charge on any atom is -0.493 e. The number of carboxylic acids is 1. The molecule has 0 saturated carbocycles. The van der Waals surface area contributed by atoms with Crippen molar-refractivity contribution in [2.45, 2.75) is 39.2 Å². The van der Waals surface area contributed by atoms with Crippen LogP contribution in [0.4, 0.5) is 0 Å². The predicted molar refractivity (Wildman–Crippen MR) is 83.9 cm³/mol. The minimum atomic E-state index is -1.12. The molecule has 0 bridgehead atoms. The molecule has 0 amide bonds. The summed E-state index contributed by atoms with van der Waals surface area (Å²) in [5, 5.41) is 9.60. The monoisotopic (exact) mass is 306 g/mol. The van der Waals surface area contributed by atoms with Crippen LogP contribution in [0.5, 0.6) is 11.5 Å². The van der Waals surface area contributed by atoms with Gasteiger partial charge in [-0.15, -0.1) is 0 Å². The summed E-state index contributed by atoms with van der Waals surface area (Å²) in [6.07, 6.45) is 0. The fraction of sp³-hybridized carbons (Fsp3) is 0.500. The van der Waals surface area contributed by atoms with Crippen LogP contribution < -0.4 is 9.47 Å². The quantitative estimate of drug-likeness (QED) is 0.919. The second-order valence-corrected chi connectivity index (χ2v) is 6.02. The molecule has 1 N–H and O–H groups in total. The van der Waals surface area contributed by atoms with Crippen LogP contribution in [0.15, 0.2) is 12.1 Å². The zero-order valence-corrected chi connectivity index (χ0v) is 13.8.